The van der Waals surface area contributed by atoms with Gasteiger partial charge in [-0.3, -0.25) is 0 Å². The van der Waals surface area contributed by atoms with E-state index < -0.39 is 24.4 Å². The van der Waals surface area contributed by atoms with Crippen LogP contribution in [-0.2, 0) is 16.1 Å². The standard InChI is InChI=1S/C26H27FN2O5/c1-17(31)26-28-10-11-29(26)22(13-30)9-4-18-2-5-19(6-3-18)20-7-8-21(23(27)12-20)14-34-25-16-33-15-24(25)32/h2-3,5-8,10-12,17,22,24-25,30-32H,13-16H2,1H3/t17-,22-,24+,25+/m0/s1. The molecule has 1 aliphatic heterocycles. The summed E-state index contributed by atoms with van der Waals surface area (Å²) in [6, 6.07) is 11.8. The summed E-state index contributed by atoms with van der Waals surface area (Å²) in [7, 11) is 0. The van der Waals surface area contributed by atoms with Crippen LogP contribution in [0.5, 0.6) is 0 Å². The van der Waals surface area contributed by atoms with Gasteiger partial charge >= 0.3 is 0 Å². The number of aliphatic hydroxyl groups excluding tert-OH is 3. The molecule has 1 aliphatic rings. The summed E-state index contributed by atoms with van der Waals surface area (Å²) in [4.78, 5) is 4.11. The molecule has 0 aliphatic carbocycles. The Morgan fingerprint density at radius 3 is 2.62 bits per heavy atom. The van der Waals surface area contributed by atoms with Crippen molar-refractivity contribution in [2.75, 3.05) is 19.8 Å². The molecule has 7 nitrogen and oxygen atoms in total. The summed E-state index contributed by atoms with van der Waals surface area (Å²) in [6.07, 6.45) is 1.34. The molecule has 34 heavy (non-hydrogen) atoms. The fourth-order valence-corrected chi connectivity index (χ4v) is 3.75. The number of aromatic nitrogens is 2. The van der Waals surface area contributed by atoms with E-state index in [1.54, 1.807) is 30.0 Å². The number of nitrogens with zero attached hydrogens (tertiary/aromatic N) is 2. The van der Waals surface area contributed by atoms with Crippen molar-refractivity contribution in [1.29, 1.82) is 0 Å². The van der Waals surface area contributed by atoms with Crippen molar-refractivity contribution in [3.8, 4) is 23.0 Å². The minimum absolute atomic E-state index is 0.0610. The summed E-state index contributed by atoms with van der Waals surface area (Å²) < 4.78 is 27.0. The number of hydrogen-bond donors (Lipinski definition) is 3. The highest BCUT2D eigenvalue weighted by Crippen LogP contribution is 2.24. The van der Waals surface area contributed by atoms with E-state index in [9.17, 15) is 19.7 Å². The van der Waals surface area contributed by atoms with Crippen molar-refractivity contribution in [3.63, 3.8) is 0 Å². The van der Waals surface area contributed by atoms with Gasteiger partial charge in [0.25, 0.3) is 0 Å². The van der Waals surface area contributed by atoms with Gasteiger partial charge in [-0.1, -0.05) is 36.1 Å². The first-order chi connectivity index (χ1) is 16.5. The molecule has 178 valence electrons. The van der Waals surface area contributed by atoms with Crippen molar-refractivity contribution >= 4 is 0 Å². The Kier molecular flexibility index (Phi) is 7.73. The average molecular weight is 467 g/mol. The molecule has 8 heteroatoms. The highest BCUT2D eigenvalue weighted by Gasteiger charge is 2.27. The summed E-state index contributed by atoms with van der Waals surface area (Å²) in [5.74, 6) is 6.10. The van der Waals surface area contributed by atoms with Crippen molar-refractivity contribution in [3.05, 3.63) is 77.6 Å². The molecule has 0 radical (unpaired) electrons. The molecule has 3 aromatic rings. The van der Waals surface area contributed by atoms with Gasteiger partial charge in [0, 0.05) is 23.5 Å². The van der Waals surface area contributed by atoms with Crippen LogP contribution in [0.3, 0.4) is 0 Å². The van der Waals surface area contributed by atoms with Crippen LogP contribution in [0.4, 0.5) is 4.39 Å². The van der Waals surface area contributed by atoms with E-state index in [1.165, 1.54) is 6.07 Å². The maximum Gasteiger partial charge on any atom is 0.138 e. The van der Waals surface area contributed by atoms with E-state index in [4.69, 9.17) is 9.47 Å². The molecule has 2 heterocycles. The van der Waals surface area contributed by atoms with Crippen LogP contribution in [0.25, 0.3) is 11.1 Å². The Hall–Kier alpha value is -3.06. The van der Waals surface area contributed by atoms with E-state index in [0.717, 1.165) is 16.7 Å². The molecule has 0 saturated carbocycles. The molecular weight excluding hydrogens is 439 g/mol. The first kappa shape index (κ1) is 24.1. The third-order valence-electron chi connectivity index (χ3n) is 5.69. The van der Waals surface area contributed by atoms with Crippen LogP contribution in [0.2, 0.25) is 0 Å². The molecule has 0 unspecified atom stereocenters. The molecule has 4 rings (SSSR count). The summed E-state index contributed by atoms with van der Waals surface area (Å²) in [6.45, 7) is 1.99. The Labute approximate surface area is 197 Å². The fraction of sp³-hybridized carbons (Fsp3) is 0.346. The topological polar surface area (TPSA) is 97.0 Å². The Morgan fingerprint density at radius 1 is 1.21 bits per heavy atom. The minimum atomic E-state index is -0.771. The third-order valence-corrected chi connectivity index (χ3v) is 5.69. The lowest BCUT2D eigenvalue weighted by Gasteiger charge is -2.14. The zero-order valence-electron chi connectivity index (χ0n) is 18.8. The third kappa shape index (κ3) is 5.53. The first-order valence-electron chi connectivity index (χ1n) is 11.1. The fourth-order valence-electron chi connectivity index (χ4n) is 3.75. The predicted octanol–water partition coefficient (Wildman–Crippen LogP) is 2.60. The number of benzene rings is 2. The second-order valence-corrected chi connectivity index (χ2v) is 8.17. The van der Waals surface area contributed by atoms with Crippen molar-refractivity contribution in [2.45, 2.75) is 37.9 Å². The lowest BCUT2D eigenvalue weighted by Crippen LogP contribution is -2.26. The molecule has 1 saturated heterocycles. The number of imidazole rings is 1. The smallest absolute Gasteiger partial charge is 0.138 e. The van der Waals surface area contributed by atoms with Gasteiger partial charge in [-0.05, 0) is 36.2 Å². The Bertz CT molecular complexity index is 1170. The van der Waals surface area contributed by atoms with E-state index in [1.807, 2.05) is 30.3 Å². The van der Waals surface area contributed by atoms with Crippen LogP contribution in [-0.4, -0.2) is 56.9 Å². The summed E-state index contributed by atoms with van der Waals surface area (Å²) in [5, 5.41) is 29.3. The Balaban J connectivity index is 1.43. The monoisotopic (exact) mass is 466 g/mol. The zero-order chi connectivity index (χ0) is 24.1. The predicted molar refractivity (Wildman–Crippen MR) is 123 cm³/mol. The number of aliphatic hydroxyl groups is 3. The van der Waals surface area contributed by atoms with Gasteiger partial charge in [0.15, 0.2) is 0 Å². The van der Waals surface area contributed by atoms with Crippen LogP contribution >= 0.6 is 0 Å². The largest absolute Gasteiger partial charge is 0.393 e. The molecule has 0 spiro atoms. The number of hydrogen-bond acceptors (Lipinski definition) is 6. The molecule has 3 N–H and O–H groups in total. The second-order valence-electron chi connectivity index (χ2n) is 8.17. The van der Waals surface area contributed by atoms with E-state index in [-0.39, 0.29) is 25.6 Å². The first-order valence-corrected chi connectivity index (χ1v) is 11.1. The van der Waals surface area contributed by atoms with E-state index in [2.05, 4.69) is 16.8 Å². The maximum absolute atomic E-state index is 14.6. The molecule has 2 aromatic carbocycles. The second kappa shape index (κ2) is 10.9. The lowest BCUT2D eigenvalue weighted by molar-refractivity contribution is -0.0197. The number of rotatable bonds is 7. The van der Waals surface area contributed by atoms with Crippen LogP contribution in [0, 0.1) is 17.7 Å². The zero-order valence-corrected chi connectivity index (χ0v) is 18.8. The van der Waals surface area contributed by atoms with Crippen molar-refractivity contribution < 1.29 is 29.2 Å². The number of halogens is 1. The van der Waals surface area contributed by atoms with Gasteiger partial charge in [-0.2, -0.15) is 0 Å². The summed E-state index contributed by atoms with van der Waals surface area (Å²) >= 11 is 0. The normalized spacial score (nSPS) is 19.4. The maximum atomic E-state index is 14.6. The van der Waals surface area contributed by atoms with Crippen LogP contribution in [0.1, 0.15) is 36.0 Å². The van der Waals surface area contributed by atoms with Crippen LogP contribution < -0.4 is 0 Å². The van der Waals surface area contributed by atoms with Gasteiger partial charge in [0.2, 0.25) is 0 Å². The molecule has 1 aromatic heterocycles. The van der Waals surface area contributed by atoms with E-state index in [0.29, 0.717) is 18.0 Å². The van der Waals surface area contributed by atoms with Gasteiger partial charge in [0.1, 0.15) is 36.0 Å². The molecular formula is C26H27FN2O5. The average Bonchev–Trinajstić information content (AvgIpc) is 3.48. The van der Waals surface area contributed by atoms with Gasteiger partial charge in [-0.25, -0.2) is 9.37 Å². The number of ether oxygens (including phenoxy) is 2. The minimum Gasteiger partial charge on any atom is -0.393 e. The quantitative estimate of drug-likeness (QED) is 0.463. The molecule has 4 atom stereocenters. The molecule has 1 fully saturated rings. The van der Waals surface area contributed by atoms with E-state index >= 15 is 0 Å². The highest BCUT2D eigenvalue weighted by atomic mass is 19.1. The van der Waals surface area contributed by atoms with Crippen molar-refractivity contribution in [1.82, 2.24) is 9.55 Å². The highest BCUT2D eigenvalue weighted by molar-refractivity contribution is 5.65. The van der Waals surface area contributed by atoms with Gasteiger partial charge in [0.05, 0.1) is 26.4 Å². The molecule has 0 bridgehead atoms. The Morgan fingerprint density at radius 2 is 1.97 bits per heavy atom. The molecule has 0 amide bonds. The van der Waals surface area contributed by atoms with Gasteiger partial charge in [-0.15, -0.1) is 0 Å². The SMILES string of the molecule is C[C@H](O)c1nccn1[C@@H](C#Cc1ccc(-c2ccc(CO[C@@H]3COC[C@H]3O)c(F)c2)cc1)CO. The lowest BCUT2D eigenvalue weighted by atomic mass is 10.0. The van der Waals surface area contributed by atoms with Crippen LogP contribution in [0.15, 0.2) is 54.9 Å². The van der Waals surface area contributed by atoms with Crippen molar-refractivity contribution in [2.24, 2.45) is 0 Å². The summed E-state index contributed by atoms with van der Waals surface area (Å²) in [5.41, 5.74) is 2.71. The van der Waals surface area contributed by atoms with Gasteiger partial charge < -0.3 is 29.4 Å².